The van der Waals surface area contributed by atoms with Crippen LogP contribution in [0.5, 0.6) is 11.5 Å². The second kappa shape index (κ2) is 11.7. The van der Waals surface area contributed by atoms with Gasteiger partial charge in [-0.2, -0.15) is 0 Å². The molecule has 3 aliphatic heterocycles. The SMILES string of the molecule is Cc1cc(C(C)(C)C)cc(C)c1N1c2cccc3c2B(c2cc(C(C)(C)C)ccc2N3c2c(C)cc3c(c2C)OCO3)c2c1oc1ccc(C(C)(C)C)cc21. The summed E-state index contributed by atoms with van der Waals surface area (Å²) in [5.74, 6) is 2.54. The average molecular weight is 729 g/mol. The van der Waals surface area contributed by atoms with Gasteiger partial charge in [0.1, 0.15) is 5.58 Å². The lowest BCUT2D eigenvalue weighted by Crippen LogP contribution is -2.61. The van der Waals surface area contributed by atoms with Crippen LogP contribution in [0, 0.1) is 27.7 Å². The molecule has 0 amide bonds. The van der Waals surface area contributed by atoms with Gasteiger partial charge in [-0.1, -0.05) is 98.7 Å². The van der Waals surface area contributed by atoms with Crippen LogP contribution in [0.15, 0.2) is 77.2 Å². The Hall–Kier alpha value is -5.10. The van der Waals surface area contributed by atoms with E-state index in [1.54, 1.807) is 0 Å². The number of nitrogens with zero attached hydrogens (tertiary/aromatic N) is 2. The van der Waals surface area contributed by atoms with E-state index in [9.17, 15) is 0 Å². The molecule has 0 bridgehead atoms. The van der Waals surface area contributed by atoms with Crippen molar-refractivity contribution >= 4 is 68.4 Å². The molecule has 0 radical (unpaired) electrons. The summed E-state index contributed by atoms with van der Waals surface area (Å²) < 4.78 is 19.2. The number of benzene rings is 5. The van der Waals surface area contributed by atoms with Crippen LogP contribution in [0.3, 0.4) is 0 Å². The molecular formula is C49H53BN2O3. The number of aryl methyl sites for hydroxylation is 3. The number of hydrogen-bond donors (Lipinski definition) is 0. The summed E-state index contributed by atoms with van der Waals surface area (Å²) in [4.78, 5) is 4.94. The van der Waals surface area contributed by atoms with Gasteiger partial charge < -0.3 is 18.8 Å². The van der Waals surface area contributed by atoms with Crippen molar-refractivity contribution in [2.75, 3.05) is 16.6 Å². The summed E-state index contributed by atoms with van der Waals surface area (Å²) in [7, 11) is 0. The highest BCUT2D eigenvalue weighted by molar-refractivity contribution is 7.01. The molecule has 4 heterocycles. The van der Waals surface area contributed by atoms with Gasteiger partial charge in [-0.25, -0.2) is 0 Å². The van der Waals surface area contributed by atoms with Crippen molar-refractivity contribution in [2.24, 2.45) is 0 Å². The van der Waals surface area contributed by atoms with E-state index in [1.807, 2.05) is 0 Å². The maximum absolute atomic E-state index is 7.18. The van der Waals surface area contributed by atoms with E-state index in [0.29, 0.717) is 0 Å². The minimum absolute atomic E-state index is 0.0240. The van der Waals surface area contributed by atoms with Gasteiger partial charge in [0, 0.05) is 33.5 Å². The van der Waals surface area contributed by atoms with E-state index in [-0.39, 0.29) is 29.8 Å². The molecule has 280 valence electrons. The van der Waals surface area contributed by atoms with Crippen molar-refractivity contribution in [1.29, 1.82) is 0 Å². The topological polar surface area (TPSA) is 38.1 Å². The van der Waals surface area contributed by atoms with Crippen LogP contribution in [0.1, 0.15) is 101 Å². The molecule has 6 aromatic rings. The molecule has 5 aromatic carbocycles. The Morgan fingerprint density at radius 2 is 1.16 bits per heavy atom. The number of fused-ring (bicyclic) bond motifs is 7. The third-order valence-electron chi connectivity index (χ3n) is 12.2. The molecule has 0 aliphatic carbocycles. The Labute approximate surface area is 327 Å². The summed E-state index contributed by atoms with van der Waals surface area (Å²) in [5, 5.41) is 1.18. The highest BCUT2D eigenvalue weighted by Crippen LogP contribution is 2.51. The zero-order chi connectivity index (χ0) is 39.1. The second-order valence-electron chi connectivity index (χ2n) is 19.2. The predicted octanol–water partition coefficient (Wildman–Crippen LogP) is 11.4. The van der Waals surface area contributed by atoms with Gasteiger partial charge in [-0.3, -0.25) is 4.90 Å². The van der Waals surface area contributed by atoms with Gasteiger partial charge in [0.05, 0.1) is 11.4 Å². The average Bonchev–Trinajstić information content (AvgIpc) is 3.73. The molecular weight excluding hydrogens is 675 g/mol. The number of furan rings is 1. The summed E-state index contributed by atoms with van der Waals surface area (Å²) in [5.41, 5.74) is 19.1. The maximum Gasteiger partial charge on any atom is 0.257 e. The van der Waals surface area contributed by atoms with Crippen LogP contribution in [0.2, 0.25) is 0 Å². The minimum Gasteiger partial charge on any atom is -0.454 e. The molecule has 0 N–H and O–H groups in total. The first-order valence-corrected chi connectivity index (χ1v) is 19.8. The third kappa shape index (κ3) is 5.27. The van der Waals surface area contributed by atoms with Crippen LogP contribution in [0.25, 0.3) is 11.0 Å². The van der Waals surface area contributed by atoms with Crippen molar-refractivity contribution in [3.63, 3.8) is 0 Å². The van der Waals surface area contributed by atoms with E-state index in [2.05, 4.69) is 173 Å². The van der Waals surface area contributed by atoms with Gasteiger partial charge in [-0.05, 0) is 125 Å². The van der Waals surface area contributed by atoms with Crippen LogP contribution < -0.4 is 35.7 Å². The fourth-order valence-electron chi connectivity index (χ4n) is 9.30. The van der Waals surface area contributed by atoms with Gasteiger partial charge in [-0.15, -0.1) is 0 Å². The molecule has 5 nitrogen and oxygen atoms in total. The standard InChI is InChI=1S/C49H53BN2O3/c1-27-21-33(49(11,12)13)22-28(2)43(27)52-38-16-14-15-37-42(38)50(41-34-24-31(47(5,6)7)18-20-39(34)55-46(41)52)35-25-32(48(8,9)10)17-19-36(35)51(37)44-29(3)23-40-45(30(44)4)54-26-53-40/h14-25H,26H2,1-13H3. The maximum atomic E-state index is 7.18. The van der Waals surface area contributed by atoms with E-state index in [0.717, 1.165) is 45.5 Å². The van der Waals surface area contributed by atoms with Gasteiger partial charge in [0.25, 0.3) is 6.71 Å². The van der Waals surface area contributed by atoms with E-state index in [4.69, 9.17) is 13.9 Å². The Bertz CT molecular complexity index is 2570. The van der Waals surface area contributed by atoms with Crippen molar-refractivity contribution in [3.05, 3.63) is 112 Å². The molecule has 0 atom stereocenters. The van der Waals surface area contributed by atoms with Gasteiger partial charge in [0.15, 0.2) is 11.5 Å². The molecule has 1 aromatic heterocycles. The molecule has 9 rings (SSSR count). The lowest BCUT2D eigenvalue weighted by atomic mass is 9.33. The van der Waals surface area contributed by atoms with Crippen LogP contribution in [0.4, 0.5) is 34.3 Å². The lowest BCUT2D eigenvalue weighted by Gasteiger charge is -2.44. The van der Waals surface area contributed by atoms with Crippen molar-refractivity contribution in [3.8, 4) is 11.5 Å². The lowest BCUT2D eigenvalue weighted by molar-refractivity contribution is 0.173. The molecule has 0 spiro atoms. The van der Waals surface area contributed by atoms with E-state index < -0.39 is 0 Å². The largest absolute Gasteiger partial charge is 0.454 e. The zero-order valence-corrected chi connectivity index (χ0v) is 34.8. The van der Waals surface area contributed by atoms with Gasteiger partial charge in [0.2, 0.25) is 12.7 Å². The normalized spacial score (nSPS) is 14.7. The highest BCUT2D eigenvalue weighted by Gasteiger charge is 2.47. The fraction of sp³-hybridized carbons (Fsp3) is 0.347. The van der Waals surface area contributed by atoms with Gasteiger partial charge >= 0.3 is 0 Å². The Kier molecular flexibility index (Phi) is 7.58. The van der Waals surface area contributed by atoms with Crippen LogP contribution >= 0.6 is 0 Å². The van der Waals surface area contributed by atoms with E-state index >= 15 is 0 Å². The van der Waals surface area contributed by atoms with Crippen molar-refractivity contribution < 1.29 is 13.9 Å². The van der Waals surface area contributed by atoms with Crippen molar-refractivity contribution in [2.45, 2.75) is 106 Å². The molecule has 0 saturated carbocycles. The Morgan fingerprint density at radius 3 is 1.82 bits per heavy atom. The minimum atomic E-state index is -0.0634. The number of ether oxygens (including phenoxy) is 2. The predicted molar refractivity (Wildman–Crippen MR) is 231 cm³/mol. The molecule has 55 heavy (non-hydrogen) atoms. The molecule has 6 heteroatoms. The summed E-state index contributed by atoms with van der Waals surface area (Å²) in [6, 6.07) is 27.7. The molecule has 0 unspecified atom stereocenters. The first-order valence-electron chi connectivity index (χ1n) is 19.8. The zero-order valence-electron chi connectivity index (χ0n) is 34.8. The number of rotatable bonds is 2. The molecule has 3 aliphatic rings. The summed E-state index contributed by atoms with van der Waals surface area (Å²) in [6.45, 7) is 29.8. The van der Waals surface area contributed by atoms with Crippen molar-refractivity contribution in [1.82, 2.24) is 0 Å². The Morgan fingerprint density at radius 1 is 0.564 bits per heavy atom. The van der Waals surface area contributed by atoms with Crippen LogP contribution in [-0.4, -0.2) is 13.5 Å². The van der Waals surface area contributed by atoms with E-state index in [1.165, 1.54) is 66.7 Å². The Balaban J connectivity index is 1.43. The fourth-order valence-corrected chi connectivity index (χ4v) is 9.30. The molecule has 0 saturated heterocycles. The first-order chi connectivity index (χ1) is 25.8. The molecule has 0 fully saturated rings. The summed E-state index contributed by atoms with van der Waals surface area (Å²) in [6.07, 6.45) is 0. The number of anilines is 6. The third-order valence-corrected chi connectivity index (χ3v) is 12.2. The summed E-state index contributed by atoms with van der Waals surface area (Å²) >= 11 is 0. The highest BCUT2D eigenvalue weighted by atomic mass is 16.7. The second-order valence-corrected chi connectivity index (χ2v) is 19.2. The monoisotopic (exact) mass is 728 g/mol. The quantitative estimate of drug-likeness (QED) is 0.166. The number of hydrogen-bond acceptors (Lipinski definition) is 5. The first kappa shape index (κ1) is 35.6. The van der Waals surface area contributed by atoms with Crippen LogP contribution in [-0.2, 0) is 16.2 Å². The smallest absolute Gasteiger partial charge is 0.257 e.